The van der Waals surface area contributed by atoms with Crippen LogP contribution in [0.25, 0.3) is 11.1 Å². The van der Waals surface area contributed by atoms with E-state index in [1.807, 2.05) is 36.6 Å². The summed E-state index contributed by atoms with van der Waals surface area (Å²) in [6, 6.07) is 10.6. The molecule has 3 rings (SSSR count). The predicted octanol–water partition coefficient (Wildman–Crippen LogP) is 4.06. The average molecular weight is 423 g/mol. The number of nitriles is 1. The number of carbonyl (C=O) groups excluding carboxylic acids is 1. The van der Waals surface area contributed by atoms with Crippen LogP contribution < -0.4 is 15.7 Å². The number of carbonyl (C=O) groups is 1. The van der Waals surface area contributed by atoms with Crippen LogP contribution in [0.15, 0.2) is 40.5 Å². The third kappa shape index (κ3) is 4.11. The van der Waals surface area contributed by atoms with E-state index < -0.39 is 11.7 Å². The van der Waals surface area contributed by atoms with Gasteiger partial charge in [0.25, 0.3) is 0 Å². The van der Waals surface area contributed by atoms with Gasteiger partial charge in [0.1, 0.15) is 22.9 Å². The van der Waals surface area contributed by atoms with Crippen molar-refractivity contribution in [1.82, 2.24) is 9.55 Å². The third-order valence-corrected chi connectivity index (χ3v) is 5.71. The highest BCUT2D eigenvalue weighted by Crippen LogP contribution is 2.36. The summed E-state index contributed by atoms with van der Waals surface area (Å²) >= 11 is 1.28. The van der Waals surface area contributed by atoms with Crippen molar-refractivity contribution in [2.75, 3.05) is 12.4 Å². The highest BCUT2D eigenvalue weighted by atomic mass is 32.1. The second kappa shape index (κ2) is 8.93. The first-order valence-corrected chi connectivity index (χ1v) is 10.3. The molecule has 0 aliphatic carbocycles. The van der Waals surface area contributed by atoms with Gasteiger partial charge in [0.2, 0.25) is 5.91 Å². The molecule has 2 heterocycles. The maximum atomic E-state index is 13.0. The SMILES string of the molecule is CCC(C(=O)Nc1scc(-c2ccc(OC)cc2)c1C#N)n1c(C)cc(C)nc1=O. The third-order valence-electron chi connectivity index (χ3n) is 4.82. The molecule has 0 aliphatic rings. The smallest absolute Gasteiger partial charge is 0.348 e. The fourth-order valence-electron chi connectivity index (χ4n) is 3.36. The van der Waals surface area contributed by atoms with Crippen molar-refractivity contribution in [3.63, 3.8) is 0 Å². The molecule has 0 aliphatic heterocycles. The van der Waals surface area contributed by atoms with Gasteiger partial charge in [-0.2, -0.15) is 10.2 Å². The Morgan fingerprint density at radius 3 is 2.60 bits per heavy atom. The highest BCUT2D eigenvalue weighted by Gasteiger charge is 2.24. The number of nitrogens with one attached hydrogen (secondary N) is 1. The first kappa shape index (κ1) is 21.3. The van der Waals surface area contributed by atoms with Crippen molar-refractivity contribution in [1.29, 1.82) is 5.26 Å². The molecule has 2 aromatic heterocycles. The molecule has 1 amide bonds. The molecule has 0 radical (unpaired) electrons. The van der Waals surface area contributed by atoms with E-state index in [0.29, 0.717) is 28.4 Å². The molecular weight excluding hydrogens is 400 g/mol. The zero-order valence-corrected chi connectivity index (χ0v) is 18.0. The van der Waals surface area contributed by atoms with E-state index in [9.17, 15) is 14.9 Å². The lowest BCUT2D eigenvalue weighted by molar-refractivity contribution is -0.119. The first-order valence-electron chi connectivity index (χ1n) is 9.43. The Kier molecular flexibility index (Phi) is 6.33. The van der Waals surface area contributed by atoms with E-state index in [2.05, 4.69) is 16.4 Å². The molecule has 0 saturated carbocycles. The van der Waals surface area contributed by atoms with E-state index in [4.69, 9.17) is 4.74 Å². The van der Waals surface area contributed by atoms with E-state index in [1.165, 1.54) is 15.9 Å². The summed E-state index contributed by atoms with van der Waals surface area (Å²) in [5.41, 5.74) is 2.79. The van der Waals surface area contributed by atoms with Gasteiger partial charge in [-0.25, -0.2) is 4.79 Å². The van der Waals surface area contributed by atoms with Crippen LogP contribution in [-0.4, -0.2) is 22.6 Å². The minimum Gasteiger partial charge on any atom is -0.497 e. The van der Waals surface area contributed by atoms with Crippen LogP contribution in [0.5, 0.6) is 5.75 Å². The Morgan fingerprint density at radius 1 is 1.33 bits per heavy atom. The zero-order valence-electron chi connectivity index (χ0n) is 17.2. The molecule has 8 heteroatoms. The number of methoxy groups -OCH3 is 1. The van der Waals surface area contributed by atoms with Crippen molar-refractivity contribution in [2.45, 2.75) is 33.2 Å². The molecule has 1 aromatic carbocycles. The second-order valence-electron chi connectivity index (χ2n) is 6.80. The summed E-state index contributed by atoms with van der Waals surface area (Å²) in [5.74, 6) is 0.368. The number of thiophene rings is 1. The molecule has 0 spiro atoms. The van der Waals surface area contributed by atoms with E-state index in [-0.39, 0.29) is 5.91 Å². The molecule has 1 unspecified atom stereocenters. The largest absolute Gasteiger partial charge is 0.497 e. The van der Waals surface area contributed by atoms with Crippen LogP contribution in [0.4, 0.5) is 5.00 Å². The molecule has 154 valence electrons. The van der Waals surface area contributed by atoms with Gasteiger partial charge < -0.3 is 10.1 Å². The number of aryl methyl sites for hydroxylation is 2. The second-order valence-corrected chi connectivity index (χ2v) is 7.68. The maximum Gasteiger partial charge on any atom is 0.348 e. The Bertz CT molecular complexity index is 1170. The molecular formula is C22H22N4O3S. The lowest BCUT2D eigenvalue weighted by Gasteiger charge is -2.19. The number of anilines is 1. The fraction of sp³-hybridized carbons (Fsp3) is 0.273. The summed E-state index contributed by atoms with van der Waals surface area (Å²) in [5, 5.41) is 14.8. The van der Waals surface area contributed by atoms with Crippen LogP contribution in [0.1, 0.15) is 36.3 Å². The highest BCUT2D eigenvalue weighted by molar-refractivity contribution is 7.15. The molecule has 30 heavy (non-hydrogen) atoms. The standard InChI is InChI=1S/C22H22N4O3S/c1-5-19(26-14(3)10-13(2)24-22(26)28)20(27)25-21-17(11-23)18(12-30-21)15-6-8-16(29-4)9-7-15/h6-10,12,19H,5H2,1-4H3,(H,25,27). The van der Waals surface area contributed by atoms with E-state index in [1.54, 1.807) is 27.0 Å². The number of aromatic nitrogens is 2. The normalized spacial score (nSPS) is 11.6. The van der Waals surface area contributed by atoms with Gasteiger partial charge >= 0.3 is 5.69 Å². The number of benzene rings is 1. The molecule has 0 bridgehead atoms. The lowest BCUT2D eigenvalue weighted by Crippen LogP contribution is -2.36. The predicted molar refractivity (Wildman–Crippen MR) is 117 cm³/mol. The first-order chi connectivity index (χ1) is 14.4. The van der Waals surface area contributed by atoms with Crippen LogP contribution >= 0.6 is 11.3 Å². The van der Waals surface area contributed by atoms with E-state index >= 15 is 0 Å². The van der Waals surface area contributed by atoms with Gasteiger partial charge in [-0.3, -0.25) is 9.36 Å². The number of ether oxygens (including phenoxy) is 1. The van der Waals surface area contributed by atoms with Gasteiger partial charge in [-0.15, -0.1) is 11.3 Å². The van der Waals surface area contributed by atoms with Gasteiger partial charge in [0, 0.05) is 22.3 Å². The van der Waals surface area contributed by atoms with Gasteiger partial charge in [-0.1, -0.05) is 19.1 Å². The Morgan fingerprint density at radius 2 is 2.03 bits per heavy atom. The topological polar surface area (TPSA) is 97.0 Å². The van der Waals surface area contributed by atoms with Crippen molar-refractivity contribution in [2.24, 2.45) is 0 Å². The summed E-state index contributed by atoms with van der Waals surface area (Å²) in [6.45, 7) is 5.35. The maximum absolute atomic E-state index is 13.0. The summed E-state index contributed by atoms with van der Waals surface area (Å²) in [7, 11) is 1.59. The summed E-state index contributed by atoms with van der Waals surface area (Å²) in [6.07, 6.45) is 0.413. The van der Waals surface area contributed by atoms with Gasteiger partial charge in [-0.05, 0) is 44.0 Å². The molecule has 7 nitrogen and oxygen atoms in total. The van der Waals surface area contributed by atoms with Crippen molar-refractivity contribution < 1.29 is 9.53 Å². The Labute approximate surface area is 178 Å². The van der Waals surface area contributed by atoms with Crippen LogP contribution in [0, 0.1) is 25.2 Å². The number of amides is 1. The molecule has 1 N–H and O–H groups in total. The van der Waals surface area contributed by atoms with Crippen LogP contribution in [-0.2, 0) is 4.79 Å². The van der Waals surface area contributed by atoms with Crippen molar-refractivity contribution >= 4 is 22.2 Å². The lowest BCUT2D eigenvalue weighted by atomic mass is 10.0. The van der Waals surface area contributed by atoms with Gasteiger partial charge in [0.05, 0.1) is 12.7 Å². The van der Waals surface area contributed by atoms with Crippen LogP contribution in [0.3, 0.4) is 0 Å². The number of rotatable bonds is 6. The molecule has 1 atom stereocenters. The Hall–Kier alpha value is -3.44. The minimum atomic E-state index is -0.719. The molecule has 0 saturated heterocycles. The zero-order chi connectivity index (χ0) is 21.8. The van der Waals surface area contributed by atoms with Crippen molar-refractivity contribution in [3.05, 3.63) is 63.1 Å². The monoisotopic (exact) mass is 422 g/mol. The quantitative estimate of drug-likeness (QED) is 0.646. The fourth-order valence-corrected chi connectivity index (χ4v) is 4.29. The summed E-state index contributed by atoms with van der Waals surface area (Å²) in [4.78, 5) is 29.4. The molecule has 0 fully saturated rings. The Balaban J connectivity index is 1.92. The average Bonchev–Trinajstić information content (AvgIpc) is 3.12. The van der Waals surface area contributed by atoms with Crippen LogP contribution in [0.2, 0.25) is 0 Å². The minimum absolute atomic E-state index is 0.354. The number of hydrogen-bond donors (Lipinski definition) is 1. The van der Waals surface area contributed by atoms with Crippen molar-refractivity contribution in [3.8, 4) is 22.9 Å². The number of hydrogen-bond acceptors (Lipinski definition) is 6. The molecule has 3 aromatic rings. The van der Waals surface area contributed by atoms with E-state index in [0.717, 1.165) is 16.9 Å². The summed E-state index contributed by atoms with van der Waals surface area (Å²) < 4.78 is 6.57. The van der Waals surface area contributed by atoms with Gasteiger partial charge in [0.15, 0.2) is 0 Å². The number of nitrogens with zero attached hydrogens (tertiary/aromatic N) is 3.